The van der Waals surface area contributed by atoms with E-state index in [2.05, 4.69) is 31.9 Å². The number of hydrogen-bond donors (Lipinski definition) is 4. The van der Waals surface area contributed by atoms with Gasteiger partial charge in [-0.25, -0.2) is 4.79 Å². The monoisotopic (exact) mass is 425 g/mol. The first kappa shape index (κ1) is 23.8. The molecule has 0 radical (unpaired) electrons. The molecule has 0 unspecified atom stereocenters. The molecule has 4 N–H and O–H groups in total. The normalized spacial score (nSPS) is 11.8. The summed E-state index contributed by atoms with van der Waals surface area (Å²) in [6, 6.07) is -0.963. The molecule has 0 saturated heterocycles. The summed E-state index contributed by atoms with van der Waals surface area (Å²) in [7, 11) is 1.82. The summed E-state index contributed by atoms with van der Waals surface area (Å²) in [5.41, 5.74) is 0. The molecule has 146 valence electrons. The van der Waals surface area contributed by atoms with Crippen molar-refractivity contribution in [1.82, 2.24) is 16.0 Å². The molecule has 9 nitrogen and oxygen atoms in total. The Bertz CT molecular complexity index is 397. The summed E-state index contributed by atoms with van der Waals surface area (Å²) < 4.78 is 10.4. The largest absolute Gasteiger partial charge is 0.480 e. The molecule has 0 spiro atoms. The fourth-order valence-electron chi connectivity index (χ4n) is 1.80. The molecule has 0 aromatic carbocycles. The van der Waals surface area contributed by atoms with E-state index in [4.69, 9.17) is 14.6 Å². The van der Waals surface area contributed by atoms with Gasteiger partial charge in [-0.3, -0.25) is 9.59 Å². The summed E-state index contributed by atoms with van der Waals surface area (Å²) in [5.74, 6) is -1.68. The van der Waals surface area contributed by atoms with Gasteiger partial charge in [-0.15, -0.1) is 0 Å². The molecule has 1 atom stereocenters. The van der Waals surface area contributed by atoms with Gasteiger partial charge in [0, 0.05) is 13.1 Å². The number of likely N-dealkylation sites (N-methyl/N-ethyl adjacent to an activating group) is 1. The molecule has 0 aromatic heterocycles. The fraction of sp³-hybridized carbons (Fsp3) is 0.800. The molecule has 0 fully saturated rings. The van der Waals surface area contributed by atoms with Crippen molar-refractivity contribution in [2.75, 3.05) is 51.9 Å². The number of carboxylic acid groups (broad SMARTS) is 1. The lowest BCUT2D eigenvalue weighted by Gasteiger charge is -2.14. The predicted molar refractivity (Wildman–Crippen MR) is 95.8 cm³/mol. The minimum absolute atomic E-state index is 0.116. The summed E-state index contributed by atoms with van der Waals surface area (Å²) in [5, 5.41) is 17.4. The lowest BCUT2D eigenvalue weighted by Crippen LogP contribution is -2.42. The fourth-order valence-corrected chi connectivity index (χ4v) is 2.00. The van der Waals surface area contributed by atoms with Gasteiger partial charge < -0.3 is 30.5 Å². The van der Waals surface area contributed by atoms with Crippen LogP contribution in [-0.2, 0) is 23.9 Å². The van der Waals surface area contributed by atoms with Crippen LogP contribution in [0, 0.1) is 0 Å². The SMILES string of the molecule is CNCCOCCOCC(=O)N[C@@H](CCCCNC(=O)CBr)C(=O)O. The smallest absolute Gasteiger partial charge is 0.326 e. The second kappa shape index (κ2) is 16.2. The second-order valence-electron chi connectivity index (χ2n) is 5.21. The number of carbonyl (C=O) groups is 3. The maximum atomic E-state index is 11.7. The molecule has 0 saturated carbocycles. The molecule has 0 bridgehead atoms. The average Bonchev–Trinajstić information content (AvgIpc) is 2.59. The van der Waals surface area contributed by atoms with Gasteiger partial charge in [-0.05, 0) is 26.3 Å². The van der Waals surface area contributed by atoms with Crippen LogP contribution in [0.2, 0.25) is 0 Å². The first-order valence-corrected chi connectivity index (χ1v) is 9.28. The highest BCUT2D eigenvalue weighted by Gasteiger charge is 2.19. The van der Waals surface area contributed by atoms with Crippen molar-refractivity contribution >= 4 is 33.7 Å². The van der Waals surface area contributed by atoms with Crippen LogP contribution in [0.25, 0.3) is 0 Å². The van der Waals surface area contributed by atoms with Crippen LogP contribution in [0.15, 0.2) is 0 Å². The van der Waals surface area contributed by atoms with Crippen molar-refractivity contribution in [2.24, 2.45) is 0 Å². The zero-order chi connectivity index (χ0) is 18.9. The number of hydrogen-bond acceptors (Lipinski definition) is 6. The van der Waals surface area contributed by atoms with E-state index in [-0.39, 0.29) is 24.5 Å². The average molecular weight is 426 g/mol. The molecule has 0 aliphatic heterocycles. The number of amides is 2. The van der Waals surface area contributed by atoms with Gasteiger partial charge in [0.25, 0.3) is 0 Å². The maximum Gasteiger partial charge on any atom is 0.326 e. The Kier molecular flexibility index (Phi) is 15.5. The lowest BCUT2D eigenvalue weighted by molar-refractivity contribution is -0.142. The highest BCUT2D eigenvalue weighted by Crippen LogP contribution is 2.01. The highest BCUT2D eigenvalue weighted by atomic mass is 79.9. The lowest BCUT2D eigenvalue weighted by atomic mass is 10.1. The second-order valence-corrected chi connectivity index (χ2v) is 5.77. The molecule has 0 aliphatic carbocycles. The van der Waals surface area contributed by atoms with E-state index < -0.39 is 17.9 Å². The highest BCUT2D eigenvalue weighted by molar-refractivity contribution is 9.09. The van der Waals surface area contributed by atoms with Gasteiger partial charge in [-0.2, -0.15) is 0 Å². The predicted octanol–water partition coefficient (Wildman–Crippen LogP) is -0.510. The third-order valence-electron chi connectivity index (χ3n) is 3.10. The molecule has 0 aromatic rings. The molecule has 25 heavy (non-hydrogen) atoms. The molecule has 0 rings (SSSR count). The molecular weight excluding hydrogens is 398 g/mol. The van der Waals surface area contributed by atoms with Crippen LogP contribution < -0.4 is 16.0 Å². The van der Waals surface area contributed by atoms with Crippen molar-refractivity contribution < 1.29 is 29.0 Å². The quantitative estimate of drug-likeness (QED) is 0.194. The number of aliphatic carboxylic acids is 1. The van der Waals surface area contributed by atoms with Crippen LogP contribution in [0.4, 0.5) is 0 Å². The summed E-state index contributed by atoms with van der Waals surface area (Å²) in [6.07, 6.45) is 1.50. The Morgan fingerprint density at radius 3 is 2.40 bits per heavy atom. The van der Waals surface area contributed by atoms with E-state index in [9.17, 15) is 14.4 Å². The topological polar surface area (TPSA) is 126 Å². The first-order valence-electron chi connectivity index (χ1n) is 8.16. The Balaban J connectivity index is 3.80. The Morgan fingerprint density at radius 2 is 1.76 bits per heavy atom. The van der Waals surface area contributed by atoms with Crippen LogP contribution in [0.3, 0.4) is 0 Å². The molecule has 2 amide bonds. The molecule has 10 heteroatoms. The molecule has 0 heterocycles. The van der Waals surface area contributed by atoms with Gasteiger partial charge in [0.05, 0.1) is 25.2 Å². The van der Waals surface area contributed by atoms with Gasteiger partial charge in [0.2, 0.25) is 11.8 Å². The van der Waals surface area contributed by atoms with Gasteiger partial charge in [0.15, 0.2) is 0 Å². The number of rotatable bonds is 16. The zero-order valence-corrected chi connectivity index (χ0v) is 16.1. The minimum Gasteiger partial charge on any atom is -0.480 e. The van der Waals surface area contributed by atoms with E-state index in [0.29, 0.717) is 39.0 Å². The van der Waals surface area contributed by atoms with Crippen molar-refractivity contribution in [3.05, 3.63) is 0 Å². The zero-order valence-electron chi connectivity index (χ0n) is 14.5. The summed E-state index contributed by atoms with van der Waals surface area (Å²) in [4.78, 5) is 33.9. The standard InChI is InChI=1S/C15H28BrN3O6/c1-17-6-7-24-8-9-25-11-14(21)19-12(15(22)23)4-2-3-5-18-13(20)10-16/h12,17H,2-11H2,1H3,(H,18,20)(H,19,21)(H,22,23)/t12-/m0/s1. The first-order chi connectivity index (χ1) is 12.0. The number of ether oxygens (including phenoxy) is 2. The van der Waals surface area contributed by atoms with Crippen molar-refractivity contribution in [1.29, 1.82) is 0 Å². The number of alkyl halides is 1. The van der Waals surface area contributed by atoms with E-state index in [0.717, 1.165) is 6.54 Å². The van der Waals surface area contributed by atoms with Crippen molar-refractivity contribution in [2.45, 2.75) is 25.3 Å². The van der Waals surface area contributed by atoms with Crippen molar-refractivity contribution in [3.63, 3.8) is 0 Å². The van der Waals surface area contributed by atoms with Crippen LogP contribution >= 0.6 is 15.9 Å². The Morgan fingerprint density at radius 1 is 1.04 bits per heavy atom. The number of carbonyl (C=O) groups excluding carboxylic acids is 2. The third-order valence-corrected chi connectivity index (χ3v) is 3.61. The molecule has 0 aliphatic rings. The maximum absolute atomic E-state index is 11.7. The van der Waals surface area contributed by atoms with Crippen LogP contribution in [0.5, 0.6) is 0 Å². The number of nitrogens with one attached hydrogen (secondary N) is 3. The molecular formula is C15H28BrN3O6. The van der Waals surface area contributed by atoms with Crippen LogP contribution in [0.1, 0.15) is 19.3 Å². The number of carboxylic acids is 1. The van der Waals surface area contributed by atoms with Gasteiger partial charge in [-0.1, -0.05) is 15.9 Å². The Labute approximate surface area is 156 Å². The Hall–Kier alpha value is -1.23. The van der Waals surface area contributed by atoms with E-state index in [1.54, 1.807) is 0 Å². The number of halogens is 1. The van der Waals surface area contributed by atoms with E-state index >= 15 is 0 Å². The van der Waals surface area contributed by atoms with Gasteiger partial charge in [0.1, 0.15) is 12.6 Å². The third kappa shape index (κ3) is 14.8. The minimum atomic E-state index is -1.09. The van der Waals surface area contributed by atoms with Crippen molar-refractivity contribution in [3.8, 4) is 0 Å². The summed E-state index contributed by atoms with van der Waals surface area (Å²) in [6.45, 7) is 2.20. The van der Waals surface area contributed by atoms with E-state index in [1.807, 2.05) is 7.05 Å². The van der Waals surface area contributed by atoms with E-state index in [1.165, 1.54) is 0 Å². The van der Waals surface area contributed by atoms with Gasteiger partial charge >= 0.3 is 5.97 Å². The summed E-state index contributed by atoms with van der Waals surface area (Å²) >= 11 is 3.03. The van der Waals surface area contributed by atoms with Crippen LogP contribution in [-0.4, -0.2) is 80.8 Å². The number of unbranched alkanes of at least 4 members (excludes halogenated alkanes) is 1.